The number of rotatable bonds is 5. The number of fused-ring (bicyclic) bond motifs is 1. The molecule has 10 heteroatoms. The van der Waals surface area contributed by atoms with Gasteiger partial charge in [0.05, 0.1) is 15.3 Å². The number of benzene rings is 2. The molecule has 8 nitrogen and oxygen atoms in total. The standard InChI is InChI=1S/C24H17N5O3S2/c30-23-21(16-17-11-12-20-18(15-17)7-6-14-25-20)33-24(27-23)28-29(22-10-4-5-13-26-22)34(31,32)19-8-2-1-3-9-19/h1-16H,(H,27,28,30)/b21-16-. The fourth-order valence-corrected chi connectivity index (χ4v) is 5.39. The van der Waals surface area contributed by atoms with Crippen LogP contribution in [0.1, 0.15) is 5.56 Å². The van der Waals surface area contributed by atoms with Gasteiger partial charge in [-0.3, -0.25) is 15.1 Å². The Bertz CT molecular complexity index is 1540. The molecular weight excluding hydrogens is 470 g/mol. The van der Waals surface area contributed by atoms with Crippen molar-refractivity contribution in [2.45, 2.75) is 4.90 Å². The second-order valence-electron chi connectivity index (χ2n) is 7.17. The number of pyridine rings is 2. The maximum Gasteiger partial charge on any atom is 0.285 e. The van der Waals surface area contributed by atoms with Crippen LogP contribution in [0.4, 0.5) is 5.82 Å². The Labute approximate surface area is 200 Å². The number of thioether (sulfide) groups is 1. The first-order valence-electron chi connectivity index (χ1n) is 10.2. The molecule has 4 aromatic rings. The molecule has 1 saturated heterocycles. The van der Waals surface area contributed by atoms with E-state index in [9.17, 15) is 13.2 Å². The normalized spacial score (nSPS) is 16.2. The third-order valence-corrected chi connectivity index (χ3v) is 7.36. The quantitative estimate of drug-likeness (QED) is 0.337. The number of amides is 1. The van der Waals surface area contributed by atoms with E-state index >= 15 is 0 Å². The highest BCUT2D eigenvalue weighted by Crippen LogP contribution is 2.29. The van der Waals surface area contributed by atoms with Crippen LogP contribution < -0.4 is 9.73 Å². The Morgan fingerprint density at radius 1 is 0.912 bits per heavy atom. The van der Waals surface area contributed by atoms with Gasteiger partial charge in [0, 0.05) is 17.8 Å². The van der Waals surface area contributed by atoms with Gasteiger partial charge in [0.1, 0.15) is 0 Å². The van der Waals surface area contributed by atoms with Crippen LogP contribution in [0.25, 0.3) is 17.0 Å². The summed E-state index contributed by atoms with van der Waals surface area (Å²) in [6.45, 7) is 0. The van der Waals surface area contributed by atoms with Crippen molar-refractivity contribution in [3.63, 3.8) is 0 Å². The Kier molecular flexibility index (Phi) is 5.83. The van der Waals surface area contributed by atoms with E-state index in [1.807, 2.05) is 30.3 Å². The molecule has 1 amide bonds. The number of nitrogens with one attached hydrogen (secondary N) is 1. The molecule has 1 aliphatic heterocycles. The number of carbonyl (C=O) groups is 1. The molecule has 2 aromatic carbocycles. The second-order valence-corrected chi connectivity index (χ2v) is 9.97. The molecule has 0 spiro atoms. The van der Waals surface area contributed by atoms with Gasteiger partial charge < -0.3 is 0 Å². The highest BCUT2D eigenvalue weighted by Gasteiger charge is 2.30. The number of carbonyl (C=O) groups excluding carboxylic acids is 1. The maximum atomic E-state index is 13.3. The van der Waals surface area contributed by atoms with Gasteiger partial charge in [-0.2, -0.15) is 8.42 Å². The van der Waals surface area contributed by atoms with Crippen LogP contribution in [0.3, 0.4) is 0 Å². The monoisotopic (exact) mass is 487 g/mol. The van der Waals surface area contributed by atoms with Crippen molar-refractivity contribution >= 4 is 55.7 Å². The fourth-order valence-electron chi connectivity index (χ4n) is 3.28. The van der Waals surface area contributed by atoms with Crippen molar-refractivity contribution in [2.75, 3.05) is 4.41 Å². The summed E-state index contributed by atoms with van der Waals surface area (Å²) in [4.78, 5) is 21.5. The first kappa shape index (κ1) is 21.8. The smallest absolute Gasteiger partial charge is 0.285 e. The van der Waals surface area contributed by atoms with Gasteiger partial charge in [0.25, 0.3) is 15.9 Å². The molecular formula is C24H17N5O3S2. The van der Waals surface area contributed by atoms with E-state index in [1.165, 1.54) is 24.4 Å². The number of hydrogen-bond acceptors (Lipinski definition) is 7. The van der Waals surface area contributed by atoms with Crippen molar-refractivity contribution in [3.05, 3.63) is 102 Å². The highest BCUT2D eigenvalue weighted by molar-refractivity contribution is 8.18. The zero-order chi connectivity index (χ0) is 23.5. The molecule has 3 heterocycles. The molecule has 0 radical (unpaired) electrons. The van der Waals surface area contributed by atoms with Crippen LogP contribution in [0.15, 0.2) is 106 Å². The van der Waals surface area contributed by atoms with Crippen LogP contribution in [0.5, 0.6) is 0 Å². The lowest BCUT2D eigenvalue weighted by Crippen LogP contribution is -2.30. The molecule has 0 unspecified atom stereocenters. The lowest BCUT2D eigenvalue weighted by Gasteiger charge is -2.18. The van der Waals surface area contributed by atoms with Crippen molar-refractivity contribution in [2.24, 2.45) is 5.10 Å². The molecule has 168 valence electrons. The van der Waals surface area contributed by atoms with E-state index in [4.69, 9.17) is 0 Å². The third-order valence-electron chi connectivity index (χ3n) is 4.87. The highest BCUT2D eigenvalue weighted by atomic mass is 32.2. The molecule has 1 N–H and O–H groups in total. The van der Waals surface area contributed by atoms with E-state index in [0.717, 1.165) is 32.6 Å². The molecule has 0 saturated carbocycles. The molecule has 0 aliphatic carbocycles. The van der Waals surface area contributed by atoms with E-state index in [1.54, 1.807) is 42.6 Å². The van der Waals surface area contributed by atoms with Crippen LogP contribution >= 0.6 is 11.8 Å². The van der Waals surface area contributed by atoms with Crippen molar-refractivity contribution in [3.8, 4) is 0 Å². The summed E-state index contributed by atoms with van der Waals surface area (Å²) in [5, 5.41) is 7.99. The SMILES string of the molecule is O=C1N/C(=N/N(c2ccccn2)S(=O)(=O)c2ccccc2)S/C1=C\c1ccc2ncccc2c1. The van der Waals surface area contributed by atoms with Gasteiger partial charge in [-0.15, -0.1) is 9.52 Å². The van der Waals surface area contributed by atoms with Gasteiger partial charge in [-0.1, -0.05) is 36.4 Å². The van der Waals surface area contributed by atoms with Crippen molar-refractivity contribution in [1.29, 1.82) is 0 Å². The number of anilines is 1. The summed E-state index contributed by atoms with van der Waals surface area (Å²) in [5.74, 6) is -0.263. The van der Waals surface area contributed by atoms with Crippen molar-refractivity contribution < 1.29 is 13.2 Å². The van der Waals surface area contributed by atoms with E-state index in [-0.39, 0.29) is 21.8 Å². The summed E-state index contributed by atoms with van der Waals surface area (Å²) in [5.41, 5.74) is 1.67. The topological polar surface area (TPSA) is 105 Å². The summed E-state index contributed by atoms with van der Waals surface area (Å²) < 4.78 is 27.5. The summed E-state index contributed by atoms with van der Waals surface area (Å²) in [6.07, 6.45) is 4.93. The van der Waals surface area contributed by atoms with Gasteiger partial charge >= 0.3 is 0 Å². The molecule has 5 rings (SSSR count). The molecule has 0 atom stereocenters. The van der Waals surface area contributed by atoms with Gasteiger partial charge in [0.15, 0.2) is 11.0 Å². The van der Waals surface area contributed by atoms with Gasteiger partial charge in [0.2, 0.25) is 0 Å². The zero-order valence-corrected chi connectivity index (χ0v) is 19.2. The lowest BCUT2D eigenvalue weighted by atomic mass is 10.1. The van der Waals surface area contributed by atoms with Crippen LogP contribution in [-0.2, 0) is 14.8 Å². The minimum absolute atomic E-state index is 0.0554. The van der Waals surface area contributed by atoms with E-state index in [0.29, 0.717) is 4.91 Å². The minimum Gasteiger partial charge on any atom is -0.299 e. The Morgan fingerprint density at radius 3 is 2.50 bits per heavy atom. The van der Waals surface area contributed by atoms with E-state index < -0.39 is 10.0 Å². The first-order valence-corrected chi connectivity index (χ1v) is 12.4. The number of hydrazone groups is 1. The number of sulfonamides is 1. The predicted molar refractivity (Wildman–Crippen MR) is 133 cm³/mol. The second kappa shape index (κ2) is 9.08. The molecule has 0 bridgehead atoms. The van der Waals surface area contributed by atoms with Crippen molar-refractivity contribution in [1.82, 2.24) is 15.3 Å². The average Bonchev–Trinajstić information content (AvgIpc) is 3.22. The Hall–Kier alpha value is -4.02. The Balaban J connectivity index is 1.50. The van der Waals surface area contributed by atoms with Gasteiger partial charge in [-0.25, -0.2) is 4.98 Å². The first-order chi connectivity index (χ1) is 16.5. The largest absolute Gasteiger partial charge is 0.299 e. The number of nitrogens with zero attached hydrogens (tertiary/aromatic N) is 4. The summed E-state index contributed by atoms with van der Waals surface area (Å²) in [7, 11) is -4.07. The van der Waals surface area contributed by atoms with Crippen LogP contribution in [-0.4, -0.2) is 29.5 Å². The number of hydrogen-bond donors (Lipinski definition) is 1. The maximum absolute atomic E-state index is 13.3. The Morgan fingerprint density at radius 2 is 1.71 bits per heavy atom. The van der Waals surface area contributed by atoms with Crippen LogP contribution in [0.2, 0.25) is 0 Å². The van der Waals surface area contributed by atoms with E-state index in [2.05, 4.69) is 20.4 Å². The summed E-state index contributed by atoms with van der Waals surface area (Å²) in [6, 6.07) is 22.3. The predicted octanol–water partition coefficient (Wildman–Crippen LogP) is 4.00. The average molecular weight is 488 g/mol. The van der Waals surface area contributed by atoms with Crippen LogP contribution in [0, 0.1) is 0 Å². The molecule has 2 aromatic heterocycles. The molecule has 34 heavy (non-hydrogen) atoms. The fraction of sp³-hybridized carbons (Fsp3) is 0. The minimum atomic E-state index is -4.07. The number of amidine groups is 1. The molecule has 1 aliphatic rings. The zero-order valence-electron chi connectivity index (χ0n) is 17.6. The lowest BCUT2D eigenvalue weighted by molar-refractivity contribution is -0.115. The summed E-state index contributed by atoms with van der Waals surface area (Å²) >= 11 is 1.05. The van der Waals surface area contributed by atoms with Gasteiger partial charge in [-0.05, 0) is 65.9 Å². The number of aromatic nitrogens is 2. The molecule has 1 fully saturated rings. The third kappa shape index (κ3) is 4.41.